The van der Waals surface area contributed by atoms with Crippen LogP contribution < -0.4 is 10.6 Å². The Kier molecular flexibility index (Phi) is 6.35. The average molecular weight is 429 g/mol. The van der Waals surface area contributed by atoms with Crippen LogP contribution in [0.5, 0.6) is 0 Å². The van der Waals surface area contributed by atoms with Crippen molar-refractivity contribution >= 4 is 6.03 Å². The predicted molar refractivity (Wildman–Crippen MR) is 125 cm³/mol. The number of benzene rings is 2. The number of nitrogens with one attached hydrogen (secondary N) is 2. The Bertz CT molecular complexity index is 1210. The van der Waals surface area contributed by atoms with Crippen LogP contribution in [0.1, 0.15) is 33.9 Å². The third kappa shape index (κ3) is 4.72. The van der Waals surface area contributed by atoms with E-state index in [2.05, 4.69) is 32.8 Å². The molecule has 0 bridgehead atoms. The van der Waals surface area contributed by atoms with Crippen LogP contribution in [-0.4, -0.2) is 25.4 Å². The van der Waals surface area contributed by atoms with Gasteiger partial charge in [0.2, 0.25) is 0 Å². The predicted octanol–water partition coefficient (Wildman–Crippen LogP) is 4.04. The zero-order valence-electron chi connectivity index (χ0n) is 18.7. The van der Waals surface area contributed by atoms with Crippen molar-refractivity contribution in [1.82, 2.24) is 30.0 Å². The quantitative estimate of drug-likeness (QED) is 0.466. The fraction of sp³-hybridized carbons (Fsp3) is 0.240. The van der Waals surface area contributed by atoms with Gasteiger partial charge in [0, 0.05) is 36.7 Å². The molecular weight excluding hydrogens is 400 g/mol. The first-order chi connectivity index (χ1) is 15.5. The van der Waals surface area contributed by atoms with Crippen molar-refractivity contribution < 1.29 is 4.79 Å². The van der Waals surface area contributed by atoms with Crippen molar-refractivity contribution in [3.05, 3.63) is 101 Å². The van der Waals surface area contributed by atoms with Crippen LogP contribution in [0.3, 0.4) is 0 Å². The molecule has 2 aromatic carbocycles. The molecule has 2 heterocycles. The number of amides is 2. The van der Waals surface area contributed by atoms with Gasteiger partial charge >= 0.3 is 6.03 Å². The van der Waals surface area contributed by atoms with Crippen LogP contribution in [-0.2, 0) is 19.6 Å². The minimum atomic E-state index is -0.211. The summed E-state index contributed by atoms with van der Waals surface area (Å²) in [5, 5.41) is 10.6. The van der Waals surface area contributed by atoms with Gasteiger partial charge in [0.05, 0.1) is 17.9 Å². The van der Waals surface area contributed by atoms with Crippen molar-refractivity contribution in [3.8, 4) is 5.69 Å². The molecule has 0 saturated heterocycles. The number of hydrogen-bond donors (Lipinski definition) is 2. The number of hydrogen-bond acceptors (Lipinski definition) is 3. The minimum Gasteiger partial charge on any atom is -0.334 e. The highest BCUT2D eigenvalue weighted by atomic mass is 16.2. The molecule has 0 spiro atoms. The van der Waals surface area contributed by atoms with Gasteiger partial charge in [-0.05, 0) is 38.0 Å². The monoisotopic (exact) mass is 428 g/mol. The molecule has 0 unspecified atom stereocenters. The zero-order valence-corrected chi connectivity index (χ0v) is 18.7. The highest BCUT2D eigenvalue weighted by molar-refractivity contribution is 5.74. The van der Waals surface area contributed by atoms with Gasteiger partial charge in [-0.1, -0.05) is 48.5 Å². The molecule has 0 radical (unpaired) electrons. The van der Waals surface area contributed by atoms with Gasteiger partial charge in [-0.15, -0.1) is 0 Å². The maximum absolute atomic E-state index is 12.5. The van der Waals surface area contributed by atoms with E-state index < -0.39 is 0 Å². The van der Waals surface area contributed by atoms with Gasteiger partial charge in [-0.3, -0.25) is 4.68 Å². The van der Waals surface area contributed by atoms with Gasteiger partial charge in [0.25, 0.3) is 0 Å². The molecule has 2 aromatic heterocycles. The number of nitrogens with zero attached hydrogens (tertiary/aromatic N) is 4. The molecule has 0 aliphatic carbocycles. The van der Waals surface area contributed by atoms with E-state index in [0.29, 0.717) is 19.6 Å². The molecule has 164 valence electrons. The summed E-state index contributed by atoms with van der Waals surface area (Å²) in [5.74, 6) is 0.903. The van der Waals surface area contributed by atoms with Crippen molar-refractivity contribution in [1.29, 1.82) is 0 Å². The highest BCUT2D eigenvalue weighted by Crippen LogP contribution is 2.17. The molecule has 4 aromatic rings. The van der Waals surface area contributed by atoms with E-state index in [1.807, 2.05) is 78.7 Å². The number of carbonyl (C=O) groups is 1. The topological polar surface area (TPSA) is 76.8 Å². The van der Waals surface area contributed by atoms with Crippen molar-refractivity contribution in [2.75, 3.05) is 0 Å². The lowest BCUT2D eigenvalue weighted by Gasteiger charge is -2.13. The fourth-order valence-corrected chi connectivity index (χ4v) is 3.83. The molecular formula is C25H28N6O. The summed E-state index contributed by atoms with van der Waals surface area (Å²) in [5.41, 5.74) is 6.27. The first-order valence-corrected chi connectivity index (χ1v) is 10.7. The van der Waals surface area contributed by atoms with E-state index >= 15 is 0 Å². The van der Waals surface area contributed by atoms with Gasteiger partial charge < -0.3 is 15.2 Å². The molecule has 0 saturated carbocycles. The third-order valence-electron chi connectivity index (χ3n) is 5.65. The number of aryl methyl sites for hydroxylation is 2. The lowest BCUT2D eigenvalue weighted by atomic mass is 10.1. The molecule has 0 fully saturated rings. The number of urea groups is 1. The van der Waals surface area contributed by atoms with Gasteiger partial charge in [-0.2, -0.15) is 5.10 Å². The van der Waals surface area contributed by atoms with Gasteiger partial charge in [0.1, 0.15) is 5.82 Å². The Morgan fingerprint density at radius 1 is 0.938 bits per heavy atom. The molecule has 7 heteroatoms. The van der Waals surface area contributed by atoms with Crippen molar-refractivity contribution in [2.45, 2.75) is 40.4 Å². The summed E-state index contributed by atoms with van der Waals surface area (Å²) in [4.78, 5) is 16.8. The van der Waals surface area contributed by atoms with Crippen LogP contribution in [0, 0.1) is 20.8 Å². The van der Waals surface area contributed by atoms with Crippen LogP contribution in [0.2, 0.25) is 0 Å². The highest BCUT2D eigenvalue weighted by Gasteiger charge is 2.13. The molecule has 2 N–H and O–H groups in total. The standard InChI is InChI=1S/C25H28N6O/c1-18-23(19(2)31(29-18)17-21-9-5-4-6-10-21)16-28-25(32)27-15-22-11-7-8-12-24(22)30-14-13-26-20(30)3/h4-14H,15-17H2,1-3H3,(H2,27,28,32). The minimum absolute atomic E-state index is 0.211. The Morgan fingerprint density at radius 2 is 1.66 bits per heavy atom. The van der Waals surface area contributed by atoms with E-state index in [-0.39, 0.29) is 6.03 Å². The third-order valence-corrected chi connectivity index (χ3v) is 5.65. The molecule has 7 nitrogen and oxygen atoms in total. The Hall–Kier alpha value is -3.87. The number of imidazole rings is 1. The van der Waals surface area contributed by atoms with E-state index in [9.17, 15) is 4.79 Å². The molecule has 2 amide bonds. The maximum atomic E-state index is 12.5. The number of rotatable bonds is 7. The molecule has 0 aliphatic heterocycles. The van der Waals surface area contributed by atoms with Gasteiger partial charge in [-0.25, -0.2) is 9.78 Å². The second-order valence-corrected chi connectivity index (χ2v) is 7.80. The summed E-state index contributed by atoms with van der Waals surface area (Å²) in [7, 11) is 0. The second kappa shape index (κ2) is 9.51. The Labute approximate surface area is 188 Å². The summed E-state index contributed by atoms with van der Waals surface area (Å²) in [6, 6.07) is 18.0. The van der Waals surface area contributed by atoms with Crippen molar-refractivity contribution in [2.24, 2.45) is 0 Å². The van der Waals surface area contributed by atoms with Crippen LogP contribution in [0.4, 0.5) is 4.79 Å². The lowest BCUT2D eigenvalue weighted by Crippen LogP contribution is -2.35. The van der Waals surface area contributed by atoms with Crippen LogP contribution in [0.15, 0.2) is 67.0 Å². The smallest absolute Gasteiger partial charge is 0.315 e. The zero-order chi connectivity index (χ0) is 22.5. The Morgan fingerprint density at radius 3 is 2.41 bits per heavy atom. The summed E-state index contributed by atoms with van der Waals surface area (Å²) in [6.45, 7) is 7.55. The first kappa shape index (κ1) is 21.4. The number of aromatic nitrogens is 4. The van der Waals surface area contributed by atoms with E-state index in [0.717, 1.165) is 34.0 Å². The molecule has 0 atom stereocenters. The molecule has 32 heavy (non-hydrogen) atoms. The maximum Gasteiger partial charge on any atom is 0.315 e. The van der Waals surface area contributed by atoms with E-state index in [4.69, 9.17) is 0 Å². The Balaban J connectivity index is 1.37. The van der Waals surface area contributed by atoms with Gasteiger partial charge in [0.15, 0.2) is 0 Å². The fourth-order valence-electron chi connectivity index (χ4n) is 3.83. The largest absolute Gasteiger partial charge is 0.334 e. The number of para-hydroxylation sites is 1. The number of carbonyl (C=O) groups excluding carboxylic acids is 1. The van der Waals surface area contributed by atoms with Crippen LogP contribution >= 0.6 is 0 Å². The lowest BCUT2D eigenvalue weighted by molar-refractivity contribution is 0.240. The summed E-state index contributed by atoms with van der Waals surface area (Å²) in [6.07, 6.45) is 3.70. The molecule has 0 aliphatic rings. The SMILES string of the molecule is Cc1nn(Cc2ccccc2)c(C)c1CNC(=O)NCc1ccccc1-n1ccnc1C. The van der Waals surface area contributed by atoms with Crippen LogP contribution in [0.25, 0.3) is 5.69 Å². The molecule has 4 rings (SSSR count). The first-order valence-electron chi connectivity index (χ1n) is 10.7. The second-order valence-electron chi connectivity index (χ2n) is 7.80. The average Bonchev–Trinajstić information content (AvgIpc) is 3.34. The van der Waals surface area contributed by atoms with E-state index in [1.54, 1.807) is 6.20 Å². The van der Waals surface area contributed by atoms with E-state index in [1.165, 1.54) is 5.56 Å². The summed E-state index contributed by atoms with van der Waals surface area (Å²) < 4.78 is 4.01. The van der Waals surface area contributed by atoms with Crippen molar-refractivity contribution in [3.63, 3.8) is 0 Å². The summed E-state index contributed by atoms with van der Waals surface area (Å²) >= 11 is 0. The normalized spacial score (nSPS) is 10.8.